The summed E-state index contributed by atoms with van der Waals surface area (Å²) >= 11 is 8.45. The van der Waals surface area contributed by atoms with E-state index in [1.165, 1.54) is 0 Å². The second-order valence-electron chi connectivity index (χ2n) is 7.18. The molecular formula is C22H26BrN3O4S. The zero-order valence-corrected chi connectivity index (χ0v) is 20.1. The van der Waals surface area contributed by atoms with Gasteiger partial charge < -0.3 is 9.47 Å². The largest absolute Gasteiger partial charge is 0.493 e. The molecule has 7 nitrogen and oxygen atoms in total. The van der Waals surface area contributed by atoms with Crippen molar-refractivity contribution in [3.63, 3.8) is 0 Å². The van der Waals surface area contributed by atoms with Crippen molar-refractivity contribution in [2.75, 3.05) is 13.2 Å². The summed E-state index contributed by atoms with van der Waals surface area (Å²) < 4.78 is 11.9. The van der Waals surface area contributed by atoms with Crippen LogP contribution in [0.25, 0.3) is 0 Å². The van der Waals surface area contributed by atoms with Crippen LogP contribution in [0, 0.1) is 12.8 Å². The number of ether oxygens (including phenoxy) is 2. The van der Waals surface area contributed by atoms with E-state index in [2.05, 4.69) is 45.9 Å². The number of halogens is 1. The molecule has 0 radical (unpaired) electrons. The van der Waals surface area contributed by atoms with Gasteiger partial charge in [0.2, 0.25) is 0 Å². The average molecular weight is 508 g/mol. The lowest BCUT2D eigenvalue weighted by Gasteiger charge is -2.15. The Kier molecular flexibility index (Phi) is 9.74. The van der Waals surface area contributed by atoms with E-state index in [9.17, 15) is 9.59 Å². The van der Waals surface area contributed by atoms with Gasteiger partial charge in [-0.1, -0.05) is 48.0 Å². The van der Waals surface area contributed by atoms with Crippen LogP contribution in [0.5, 0.6) is 11.5 Å². The van der Waals surface area contributed by atoms with Crippen LogP contribution >= 0.6 is 28.1 Å². The van der Waals surface area contributed by atoms with Crippen molar-refractivity contribution in [1.82, 2.24) is 16.2 Å². The molecule has 166 valence electrons. The molecule has 0 unspecified atom stereocenters. The van der Waals surface area contributed by atoms with E-state index < -0.39 is 11.8 Å². The van der Waals surface area contributed by atoms with Crippen molar-refractivity contribution in [3.05, 3.63) is 58.1 Å². The molecule has 0 bridgehead atoms. The Morgan fingerprint density at radius 3 is 2.52 bits per heavy atom. The zero-order valence-electron chi connectivity index (χ0n) is 17.7. The van der Waals surface area contributed by atoms with Gasteiger partial charge in [0.1, 0.15) is 11.5 Å². The Hall–Kier alpha value is -2.65. The third-order valence-corrected chi connectivity index (χ3v) is 4.83. The molecule has 2 aromatic carbocycles. The summed E-state index contributed by atoms with van der Waals surface area (Å²) in [5, 5.41) is 2.47. The fraction of sp³-hybridized carbons (Fsp3) is 0.318. The first-order valence-corrected chi connectivity index (χ1v) is 11.0. The standard InChI is InChI=1S/C22H26BrN3O4S/c1-14(2)10-11-29-19-9-8-16(23)12-17(19)21(28)24-22(31)26-25-20(27)13-30-18-7-5-4-6-15(18)3/h4-9,12,14H,10-11,13H2,1-3H3,(H,25,27)(H2,24,26,28,31). The summed E-state index contributed by atoms with van der Waals surface area (Å²) in [4.78, 5) is 24.6. The number of carbonyl (C=O) groups excluding carboxylic acids is 2. The molecule has 2 aromatic rings. The Morgan fingerprint density at radius 1 is 1.06 bits per heavy atom. The number of amides is 2. The molecule has 0 aliphatic heterocycles. The van der Waals surface area contributed by atoms with E-state index in [-0.39, 0.29) is 11.7 Å². The van der Waals surface area contributed by atoms with Crippen LogP contribution in [-0.2, 0) is 4.79 Å². The molecule has 0 aliphatic rings. The first kappa shape index (κ1) is 24.6. The van der Waals surface area contributed by atoms with Crippen LogP contribution in [0.2, 0.25) is 0 Å². The van der Waals surface area contributed by atoms with Crippen LogP contribution in [0.3, 0.4) is 0 Å². The van der Waals surface area contributed by atoms with Crippen LogP contribution in [0.15, 0.2) is 46.9 Å². The quantitative estimate of drug-likeness (QED) is 0.371. The number of benzene rings is 2. The van der Waals surface area contributed by atoms with Crippen molar-refractivity contribution < 1.29 is 19.1 Å². The van der Waals surface area contributed by atoms with Crippen molar-refractivity contribution in [2.24, 2.45) is 5.92 Å². The normalized spacial score (nSPS) is 10.4. The number of hydrogen-bond acceptors (Lipinski definition) is 5. The molecule has 2 rings (SSSR count). The van der Waals surface area contributed by atoms with Gasteiger partial charge in [0.15, 0.2) is 11.7 Å². The van der Waals surface area contributed by atoms with Crippen molar-refractivity contribution >= 4 is 45.1 Å². The second-order valence-corrected chi connectivity index (χ2v) is 8.51. The summed E-state index contributed by atoms with van der Waals surface area (Å²) in [5.41, 5.74) is 6.14. The lowest BCUT2D eigenvalue weighted by Crippen LogP contribution is -2.49. The van der Waals surface area contributed by atoms with Crippen molar-refractivity contribution in [3.8, 4) is 11.5 Å². The van der Waals surface area contributed by atoms with Gasteiger partial charge in [-0.3, -0.25) is 25.8 Å². The van der Waals surface area contributed by atoms with Crippen molar-refractivity contribution in [2.45, 2.75) is 27.2 Å². The minimum Gasteiger partial charge on any atom is -0.493 e. The van der Waals surface area contributed by atoms with Gasteiger partial charge in [-0.05, 0) is 61.3 Å². The molecule has 0 atom stereocenters. The smallest absolute Gasteiger partial charge is 0.276 e. The number of nitrogens with one attached hydrogen (secondary N) is 3. The van der Waals surface area contributed by atoms with Crippen LogP contribution in [0.4, 0.5) is 0 Å². The van der Waals surface area contributed by atoms with E-state index in [0.717, 1.165) is 16.5 Å². The number of rotatable bonds is 8. The van der Waals surface area contributed by atoms with Crippen LogP contribution in [0.1, 0.15) is 36.2 Å². The molecule has 0 aromatic heterocycles. The van der Waals surface area contributed by atoms with Gasteiger partial charge in [0.05, 0.1) is 12.2 Å². The summed E-state index contributed by atoms with van der Waals surface area (Å²) in [5.74, 6) is 0.666. The Bertz CT molecular complexity index is 937. The predicted octanol–water partition coefficient (Wildman–Crippen LogP) is 3.90. The topological polar surface area (TPSA) is 88.7 Å². The lowest BCUT2D eigenvalue weighted by atomic mass is 10.1. The van der Waals surface area contributed by atoms with Gasteiger partial charge in [-0.25, -0.2) is 0 Å². The molecule has 9 heteroatoms. The number of carbonyl (C=O) groups is 2. The van der Waals surface area contributed by atoms with E-state index in [0.29, 0.717) is 29.6 Å². The SMILES string of the molecule is Cc1ccccc1OCC(=O)NNC(=S)NC(=O)c1cc(Br)ccc1OCCC(C)C. The number of thiocarbonyl (C=S) groups is 1. The van der Waals surface area contributed by atoms with Crippen LogP contribution in [-0.4, -0.2) is 30.1 Å². The Morgan fingerprint density at radius 2 is 1.81 bits per heavy atom. The number of hydrazine groups is 1. The maximum Gasteiger partial charge on any atom is 0.276 e. The first-order chi connectivity index (χ1) is 14.8. The van der Waals surface area contributed by atoms with E-state index in [1.54, 1.807) is 24.3 Å². The third-order valence-electron chi connectivity index (χ3n) is 4.13. The molecule has 0 fully saturated rings. The molecule has 0 spiro atoms. The highest BCUT2D eigenvalue weighted by molar-refractivity contribution is 9.10. The monoisotopic (exact) mass is 507 g/mol. The Labute approximate surface area is 196 Å². The zero-order chi connectivity index (χ0) is 22.8. The molecule has 0 heterocycles. The van der Waals surface area contributed by atoms with Gasteiger partial charge in [0, 0.05) is 4.47 Å². The van der Waals surface area contributed by atoms with Gasteiger partial charge in [0.25, 0.3) is 11.8 Å². The fourth-order valence-electron chi connectivity index (χ4n) is 2.44. The highest BCUT2D eigenvalue weighted by Gasteiger charge is 2.15. The lowest BCUT2D eigenvalue weighted by molar-refractivity contribution is -0.123. The van der Waals surface area contributed by atoms with Gasteiger partial charge >= 0.3 is 0 Å². The van der Waals surface area contributed by atoms with E-state index >= 15 is 0 Å². The van der Waals surface area contributed by atoms with E-state index in [1.807, 2.05) is 25.1 Å². The number of aryl methyl sites for hydroxylation is 1. The minimum atomic E-state index is -0.455. The van der Waals surface area contributed by atoms with Crippen LogP contribution < -0.4 is 25.6 Å². The molecule has 31 heavy (non-hydrogen) atoms. The number of para-hydroxylation sites is 1. The van der Waals surface area contributed by atoms with E-state index in [4.69, 9.17) is 21.7 Å². The molecule has 0 saturated carbocycles. The second kappa shape index (κ2) is 12.3. The van der Waals surface area contributed by atoms with Gasteiger partial charge in [-0.2, -0.15) is 0 Å². The Balaban J connectivity index is 1.85. The molecule has 3 N–H and O–H groups in total. The fourth-order valence-corrected chi connectivity index (χ4v) is 2.94. The molecule has 2 amide bonds. The highest BCUT2D eigenvalue weighted by atomic mass is 79.9. The molecular weight excluding hydrogens is 482 g/mol. The average Bonchev–Trinajstić information content (AvgIpc) is 2.72. The molecule has 0 aliphatic carbocycles. The minimum absolute atomic E-state index is 0.0534. The summed E-state index contributed by atoms with van der Waals surface area (Å²) in [6.45, 7) is 6.39. The summed E-state index contributed by atoms with van der Waals surface area (Å²) in [6, 6.07) is 12.5. The first-order valence-electron chi connectivity index (χ1n) is 9.77. The molecule has 0 saturated heterocycles. The predicted molar refractivity (Wildman–Crippen MR) is 127 cm³/mol. The summed E-state index contributed by atoms with van der Waals surface area (Å²) in [7, 11) is 0. The maximum atomic E-state index is 12.6. The number of hydrogen-bond donors (Lipinski definition) is 3. The third kappa shape index (κ3) is 8.55. The highest BCUT2D eigenvalue weighted by Crippen LogP contribution is 2.24. The maximum absolute atomic E-state index is 12.6. The van der Waals surface area contributed by atoms with Crippen molar-refractivity contribution in [1.29, 1.82) is 0 Å². The van der Waals surface area contributed by atoms with Gasteiger partial charge in [-0.15, -0.1) is 0 Å². The summed E-state index contributed by atoms with van der Waals surface area (Å²) in [6.07, 6.45) is 0.869.